The lowest BCUT2D eigenvalue weighted by atomic mass is 10.6. The van der Waals surface area contributed by atoms with Crippen molar-refractivity contribution in [3.05, 3.63) is 18.5 Å². The highest BCUT2D eigenvalue weighted by atomic mass is 35.5. The average molecular weight is 191 g/mol. The molecule has 0 unspecified atom stereocenters. The van der Waals surface area contributed by atoms with Crippen LogP contribution >= 0.6 is 12.4 Å². The Morgan fingerprint density at radius 3 is 2.75 bits per heavy atom. The van der Waals surface area contributed by atoms with Crippen LogP contribution in [0, 0.1) is 0 Å². The van der Waals surface area contributed by atoms with Crippen molar-refractivity contribution in [1.82, 2.24) is 9.89 Å². The molecule has 0 aliphatic rings. The molecule has 0 saturated heterocycles. The highest BCUT2D eigenvalue weighted by Crippen LogP contribution is 1.82. The molecule has 0 aliphatic heterocycles. The maximum atomic E-state index is 10.1. The fourth-order valence-electron chi connectivity index (χ4n) is 0.473. The summed E-state index contributed by atoms with van der Waals surface area (Å²) < 4.78 is 0. The second kappa shape index (κ2) is 4.35. The summed E-state index contributed by atoms with van der Waals surface area (Å²) in [6.07, 6.45) is 2.95. The third kappa shape index (κ3) is 2.59. The summed E-state index contributed by atoms with van der Waals surface area (Å²) in [5, 5.41) is 15.3. The second-order valence-electron chi connectivity index (χ2n) is 1.72. The predicted molar refractivity (Wildman–Crippen MR) is 44.1 cm³/mol. The summed E-state index contributed by atoms with van der Waals surface area (Å²) >= 11 is 0. The van der Waals surface area contributed by atoms with Crippen LogP contribution in [-0.4, -0.2) is 26.8 Å². The van der Waals surface area contributed by atoms with Gasteiger partial charge in [-0.1, -0.05) is 0 Å². The van der Waals surface area contributed by atoms with Gasteiger partial charge in [-0.3, -0.25) is 0 Å². The molecule has 6 nitrogen and oxygen atoms in total. The fraction of sp³-hybridized carbons (Fsp3) is 0. The maximum Gasteiger partial charge on any atom is 0.373 e. The predicted octanol–water partition coefficient (Wildman–Crippen LogP) is -0.490. The van der Waals surface area contributed by atoms with Gasteiger partial charge in [0.25, 0.3) is 0 Å². The Balaban J connectivity index is 0.00000121. The van der Waals surface area contributed by atoms with Gasteiger partial charge in [0.05, 0.1) is 12.4 Å². The van der Waals surface area contributed by atoms with E-state index in [4.69, 9.17) is 10.8 Å². The van der Waals surface area contributed by atoms with Crippen LogP contribution in [0.25, 0.3) is 0 Å². The van der Waals surface area contributed by atoms with E-state index in [0.29, 0.717) is 0 Å². The minimum Gasteiger partial charge on any atom is -0.475 e. The zero-order valence-electron chi connectivity index (χ0n) is 5.91. The lowest BCUT2D eigenvalue weighted by molar-refractivity contribution is -0.129. The number of nitrogens with zero attached hydrogens (tertiary/aromatic N) is 3. The zero-order valence-corrected chi connectivity index (χ0v) is 6.73. The van der Waals surface area contributed by atoms with E-state index in [2.05, 4.69) is 10.2 Å². The number of amidine groups is 1. The van der Waals surface area contributed by atoms with Crippen molar-refractivity contribution in [1.29, 1.82) is 0 Å². The van der Waals surface area contributed by atoms with E-state index in [1.54, 1.807) is 6.07 Å². The van der Waals surface area contributed by atoms with Crippen LogP contribution in [0.3, 0.4) is 0 Å². The molecular formula is C5H7ClN4O2. The van der Waals surface area contributed by atoms with Gasteiger partial charge in [-0.25, -0.2) is 4.79 Å². The summed E-state index contributed by atoms with van der Waals surface area (Å²) in [7, 11) is 0. The number of aromatic nitrogens is 2. The summed E-state index contributed by atoms with van der Waals surface area (Å²) in [6, 6.07) is 1.61. The lowest BCUT2D eigenvalue weighted by Gasteiger charge is -1.91. The summed E-state index contributed by atoms with van der Waals surface area (Å²) in [6.45, 7) is 0. The second-order valence-corrected chi connectivity index (χ2v) is 1.72. The summed E-state index contributed by atoms with van der Waals surface area (Å²) in [5.41, 5.74) is 5.00. The standard InChI is InChI=1S/C5H6N4O2.ClH/c6-4(5(10)11)8-9-3-1-2-7-9;/h1-3H,(H2,6,8)(H,10,11);1H. The molecule has 3 N–H and O–H groups in total. The van der Waals surface area contributed by atoms with Gasteiger partial charge in [0.2, 0.25) is 5.84 Å². The maximum absolute atomic E-state index is 10.1. The number of aliphatic carboxylic acids is 1. The molecule has 1 aromatic rings. The number of rotatable bonds is 1. The number of carbonyl (C=O) groups is 1. The largest absolute Gasteiger partial charge is 0.475 e. The molecule has 0 aromatic carbocycles. The van der Waals surface area contributed by atoms with E-state index < -0.39 is 11.8 Å². The Labute approximate surface area is 74.1 Å². The first kappa shape index (κ1) is 10.4. The van der Waals surface area contributed by atoms with Crippen molar-refractivity contribution >= 4 is 24.2 Å². The Hall–Kier alpha value is -1.56. The van der Waals surface area contributed by atoms with Crippen LogP contribution in [0.1, 0.15) is 0 Å². The van der Waals surface area contributed by atoms with Gasteiger partial charge in [-0.05, 0) is 6.07 Å². The fourth-order valence-corrected chi connectivity index (χ4v) is 0.473. The molecule has 7 heteroatoms. The Morgan fingerprint density at radius 1 is 1.67 bits per heavy atom. The smallest absolute Gasteiger partial charge is 0.373 e. The third-order valence-electron chi connectivity index (χ3n) is 0.920. The number of carboxylic acids is 1. The highest BCUT2D eigenvalue weighted by Gasteiger charge is 2.01. The van der Waals surface area contributed by atoms with E-state index in [9.17, 15) is 4.79 Å². The van der Waals surface area contributed by atoms with Crippen molar-refractivity contribution in [2.45, 2.75) is 0 Å². The molecule has 66 valence electrons. The minimum atomic E-state index is -1.26. The Kier molecular flexibility index (Phi) is 3.78. The van der Waals surface area contributed by atoms with Crippen molar-refractivity contribution in [3.8, 4) is 0 Å². The molecule has 12 heavy (non-hydrogen) atoms. The molecule has 0 fully saturated rings. The Morgan fingerprint density at radius 2 is 2.33 bits per heavy atom. The number of nitrogens with two attached hydrogens (primary N) is 1. The first-order valence-electron chi connectivity index (χ1n) is 2.77. The normalized spacial score (nSPS) is 10.5. The van der Waals surface area contributed by atoms with Crippen molar-refractivity contribution in [2.75, 3.05) is 0 Å². The summed E-state index contributed by atoms with van der Waals surface area (Å²) in [5.74, 6) is -1.76. The third-order valence-corrected chi connectivity index (χ3v) is 0.920. The number of hydrogen-bond donors (Lipinski definition) is 2. The van der Waals surface area contributed by atoms with Crippen LogP contribution < -0.4 is 5.73 Å². The van der Waals surface area contributed by atoms with E-state index in [1.807, 2.05) is 0 Å². The molecule has 1 heterocycles. The molecule has 1 aromatic heterocycles. The van der Waals surface area contributed by atoms with Gasteiger partial charge in [-0.15, -0.1) is 17.5 Å². The average Bonchev–Trinajstić information content (AvgIpc) is 2.39. The van der Waals surface area contributed by atoms with Gasteiger partial charge < -0.3 is 10.8 Å². The number of carboxylic acid groups (broad SMARTS) is 1. The molecule has 0 radical (unpaired) electrons. The topological polar surface area (TPSA) is 93.5 Å². The first-order chi connectivity index (χ1) is 5.20. The van der Waals surface area contributed by atoms with E-state index in [0.717, 1.165) is 4.79 Å². The van der Waals surface area contributed by atoms with Crippen molar-refractivity contribution in [3.63, 3.8) is 0 Å². The Bertz CT molecular complexity index is 282. The molecule has 0 spiro atoms. The molecule has 0 aliphatic carbocycles. The van der Waals surface area contributed by atoms with Gasteiger partial charge in [-0.2, -0.15) is 9.89 Å². The van der Waals surface area contributed by atoms with E-state index >= 15 is 0 Å². The number of halogens is 1. The van der Waals surface area contributed by atoms with E-state index in [1.165, 1.54) is 12.4 Å². The van der Waals surface area contributed by atoms with Gasteiger partial charge >= 0.3 is 5.97 Å². The minimum absolute atomic E-state index is 0. The zero-order chi connectivity index (χ0) is 8.27. The van der Waals surface area contributed by atoms with Gasteiger partial charge in [0.15, 0.2) is 0 Å². The molecule has 0 bridgehead atoms. The monoisotopic (exact) mass is 190 g/mol. The van der Waals surface area contributed by atoms with Crippen molar-refractivity contribution in [2.24, 2.45) is 10.8 Å². The van der Waals surface area contributed by atoms with Crippen LogP contribution in [0.2, 0.25) is 0 Å². The SMILES string of the molecule is Cl.N/C(=N\n1cccn1)C(=O)O. The van der Waals surface area contributed by atoms with Crippen LogP contribution in [0.15, 0.2) is 23.6 Å². The van der Waals surface area contributed by atoms with E-state index in [-0.39, 0.29) is 12.4 Å². The molecule has 1 rings (SSSR count). The van der Waals surface area contributed by atoms with Crippen LogP contribution in [-0.2, 0) is 4.79 Å². The van der Waals surface area contributed by atoms with Gasteiger partial charge in [0.1, 0.15) is 0 Å². The van der Waals surface area contributed by atoms with Gasteiger partial charge in [0, 0.05) is 0 Å². The molecule has 0 saturated carbocycles. The quantitative estimate of drug-likeness (QED) is 0.462. The summed E-state index contributed by atoms with van der Waals surface area (Å²) in [4.78, 5) is 11.2. The van der Waals surface area contributed by atoms with Crippen LogP contribution in [0.5, 0.6) is 0 Å². The highest BCUT2D eigenvalue weighted by molar-refractivity contribution is 6.33. The molecule has 0 atom stereocenters. The first-order valence-corrected chi connectivity index (χ1v) is 2.77. The number of hydrogen-bond acceptors (Lipinski definition) is 3. The molecular weight excluding hydrogens is 184 g/mol. The van der Waals surface area contributed by atoms with Crippen molar-refractivity contribution < 1.29 is 9.90 Å². The molecule has 0 amide bonds. The lowest BCUT2D eigenvalue weighted by Crippen LogP contribution is -2.24. The van der Waals surface area contributed by atoms with Crippen LogP contribution in [0.4, 0.5) is 0 Å².